The van der Waals surface area contributed by atoms with Crippen LogP contribution in [0, 0.1) is 0 Å². The molecule has 120 valence electrons. The Hall–Kier alpha value is -3.46. The van der Waals surface area contributed by atoms with Crippen molar-refractivity contribution < 1.29 is 4.79 Å². The smallest absolute Gasteiger partial charge is 0.187 e. The van der Waals surface area contributed by atoms with Crippen molar-refractivity contribution in [1.29, 1.82) is 0 Å². The molecule has 1 heterocycles. The molecule has 0 aliphatic carbocycles. The van der Waals surface area contributed by atoms with Gasteiger partial charge < -0.3 is 5.32 Å². The maximum atomic E-state index is 12.6. The van der Waals surface area contributed by atoms with Crippen molar-refractivity contribution in [3.8, 4) is 0 Å². The summed E-state index contributed by atoms with van der Waals surface area (Å²) >= 11 is 0. The number of anilines is 1. The van der Waals surface area contributed by atoms with Crippen LogP contribution in [0.4, 0.5) is 11.4 Å². The van der Waals surface area contributed by atoms with Gasteiger partial charge >= 0.3 is 0 Å². The number of hydrogen-bond donors (Lipinski definition) is 1. The van der Waals surface area contributed by atoms with Gasteiger partial charge in [0.05, 0.1) is 22.8 Å². The second-order valence-electron chi connectivity index (χ2n) is 5.76. The quantitative estimate of drug-likeness (QED) is 0.544. The first-order valence-electron chi connectivity index (χ1n) is 8.13. The molecule has 0 unspecified atom stereocenters. The third-order valence-corrected chi connectivity index (χ3v) is 4.04. The second-order valence-corrected chi connectivity index (χ2v) is 5.76. The Morgan fingerprint density at radius 1 is 0.800 bits per heavy atom. The minimum atomic E-state index is -0.0499. The average molecular weight is 324 g/mol. The minimum absolute atomic E-state index is 0.0499. The Kier molecular flexibility index (Phi) is 3.97. The lowest BCUT2D eigenvalue weighted by Gasteiger charge is -2.21. The molecule has 0 bridgehead atoms. The molecule has 0 aromatic heterocycles. The molecule has 0 fully saturated rings. The Morgan fingerprint density at radius 2 is 1.44 bits per heavy atom. The van der Waals surface area contributed by atoms with Crippen molar-refractivity contribution in [1.82, 2.24) is 0 Å². The SMILES string of the molecule is O=C(C=C1Nc2ccccc2N=C1c1ccccc1)c1ccccc1. The first-order valence-corrected chi connectivity index (χ1v) is 8.13. The molecule has 25 heavy (non-hydrogen) atoms. The molecule has 3 aromatic rings. The zero-order chi connectivity index (χ0) is 17.1. The van der Waals surface area contributed by atoms with E-state index in [0.717, 1.165) is 22.6 Å². The first kappa shape index (κ1) is 15.1. The zero-order valence-electron chi connectivity index (χ0n) is 13.5. The van der Waals surface area contributed by atoms with Crippen LogP contribution < -0.4 is 5.32 Å². The summed E-state index contributed by atoms with van der Waals surface area (Å²) in [6, 6.07) is 27.0. The molecule has 0 amide bonds. The van der Waals surface area contributed by atoms with Crippen LogP contribution in [0.2, 0.25) is 0 Å². The predicted molar refractivity (Wildman–Crippen MR) is 102 cm³/mol. The van der Waals surface area contributed by atoms with E-state index in [4.69, 9.17) is 4.99 Å². The number of hydrogen-bond acceptors (Lipinski definition) is 3. The van der Waals surface area contributed by atoms with Crippen molar-refractivity contribution in [2.24, 2.45) is 4.99 Å². The number of benzene rings is 3. The summed E-state index contributed by atoms with van der Waals surface area (Å²) in [7, 11) is 0. The number of nitrogens with one attached hydrogen (secondary N) is 1. The van der Waals surface area contributed by atoms with Gasteiger partial charge in [0.2, 0.25) is 0 Å². The summed E-state index contributed by atoms with van der Waals surface area (Å²) in [5.74, 6) is -0.0499. The minimum Gasteiger partial charge on any atom is -0.352 e. The highest BCUT2D eigenvalue weighted by atomic mass is 16.1. The molecule has 1 aliphatic rings. The van der Waals surface area contributed by atoms with E-state index >= 15 is 0 Å². The van der Waals surface area contributed by atoms with Gasteiger partial charge in [-0.3, -0.25) is 4.79 Å². The summed E-state index contributed by atoms with van der Waals surface area (Å²) in [6.45, 7) is 0. The van der Waals surface area contributed by atoms with Crippen molar-refractivity contribution in [2.75, 3.05) is 5.32 Å². The highest BCUT2D eigenvalue weighted by Crippen LogP contribution is 2.32. The lowest BCUT2D eigenvalue weighted by Crippen LogP contribution is -2.18. The van der Waals surface area contributed by atoms with Crippen LogP contribution in [0.1, 0.15) is 15.9 Å². The van der Waals surface area contributed by atoms with E-state index in [1.807, 2.05) is 84.9 Å². The van der Waals surface area contributed by atoms with Gasteiger partial charge in [0.15, 0.2) is 5.78 Å². The van der Waals surface area contributed by atoms with Gasteiger partial charge in [-0.05, 0) is 12.1 Å². The molecule has 0 spiro atoms. The first-order chi connectivity index (χ1) is 12.3. The predicted octanol–water partition coefficient (Wildman–Crippen LogP) is 5.00. The number of para-hydroxylation sites is 2. The monoisotopic (exact) mass is 324 g/mol. The number of carbonyl (C=O) groups excluding carboxylic acids is 1. The Labute approximate surface area is 146 Å². The Balaban J connectivity index is 1.80. The van der Waals surface area contributed by atoms with Crippen LogP contribution in [0.5, 0.6) is 0 Å². The number of nitrogens with zero attached hydrogens (tertiary/aromatic N) is 1. The fourth-order valence-electron chi connectivity index (χ4n) is 2.80. The highest BCUT2D eigenvalue weighted by molar-refractivity contribution is 6.21. The fourth-order valence-corrected chi connectivity index (χ4v) is 2.80. The molecule has 3 heteroatoms. The molecule has 0 radical (unpaired) electrons. The van der Waals surface area contributed by atoms with Crippen LogP contribution in [0.3, 0.4) is 0 Å². The van der Waals surface area contributed by atoms with Crippen molar-refractivity contribution in [3.05, 3.63) is 108 Å². The lowest BCUT2D eigenvalue weighted by atomic mass is 10.0. The highest BCUT2D eigenvalue weighted by Gasteiger charge is 2.19. The van der Waals surface area contributed by atoms with Gasteiger partial charge in [-0.25, -0.2) is 4.99 Å². The van der Waals surface area contributed by atoms with Crippen LogP contribution >= 0.6 is 0 Å². The number of ketones is 1. The van der Waals surface area contributed by atoms with Crippen LogP contribution in [0.25, 0.3) is 0 Å². The standard InChI is InChI=1S/C22H16N2O/c25-21(16-9-3-1-4-10-16)15-20-22(17-11-5-2-6-12-17)24-19-14-8-7-13-18(19)23-20/h1-15,23H. The third kappa shape index (κ3) is 3.12. The van der Waals surface area contributed by atoms with E-state index in [0.29, 0.717) is 11.3 Å². The van der Waals surface area contributed by atoms with E-state index in [1.165, 1.54) is 0 Å². The summed E-state index contributed by atoms with van der Waals surface area (Å²) in [6.07, 6.45) is 1.62. The van der Waals surface area contributed by atoms with E-state index < -0.39 is 0 Å². The molecule has 0 atom stereocenters. The van der Waals surface area contributed by atoms with Gasteiger partial charge in [-0.1, -0.05) is 72.8 Å². The van der Waals surface area contributed by atoms with Gasteiger partial charge in [0, 0.05) is 17.2 Å². The molecular formula is C22H16N2O. The second kappa shape index (κ2) is 6.57. The molecule has 4 rings (SSSR count). The van der Waals surface area contributed by atoms with Gasteiger partial charge in [0.25, 0.3) is 0 Å². The van der Waals surface area contributed by atoms with Gasteiger partial charge in [-0.2, -0.15) is 0 Å². The van der Waals surface area contributed by atoms with Gasteiger partial charge in [0.1, 0.15) is 0 Å². The number of carbonyl (C=O) groups is 1. The number of rotatable bonds is 3. The lowest BCUT2D eigenvalue weighted by molar-refractivity contribution is 0.104. The third-order valence-electron chi connectivity index (χ3n) is 4.04. The summed E-state index contributed by atoms with van der Waals surface area (Å²) in [5, 5.41) is 3.36. The summed E-state index contributed by atoms with van der Waals surface area (Å²) in [4.78, 5) is 17.4. The molecule has 3 nitrogen and oxygen atoms in total. The molecule has 0 saturated heterocycles. The van der Waals surface area contributed by atoms with Crippen LogP contribution in [0.15, 0.2) is 102 Å². The Morgan fingerprint density at radius 3 is 2.20 bits per heavy atom. The maximum absolute atomic E-state index is 12.6. The molecular weight excluding hydrogens is 308 g/mol. The number of aliphatic imine (C=N–C) groups is 1. The topological polar surface area (TPSA) is 41.5 Å². The zero-order valence-corrected chi connectivity index (χ0v) is 13.5. The maximum Gasteiger partial charge on any atom is 0.187 e. The van der Waals surface area contributed by atoms with Crippen molar-refractivity contribution in [3.63, 3.8) is 0 Å². The molecule has 0 saturated carbocycles. The van der Waals surface area contributed by atoms with Crippen LogP contribution in [-0.4, -0.2) is 11.5 Å². The molecule has 1 N–H and O–H groups in total. The van der Waals surface area contributed by atoms with E-state index in [9.17, 15) is 4.79 Å². The van der Waals surface area contributed by atoms with Crippen molar-refractivity contribution in [2.45, 2.75) is 0 Å². The van der Waals surface area contributed by atoms with E-state index in [-0.39, 0.29) is 5.78 Å². The number of allylic oxidation sites excluding steroid dienone is 2. The average Bonchev–Trinajstić information content (AvgIpc) is 2.69. The summed E-state index contributed by atoms with van der Waals surface area (Å²) < 4.78 is 0. The molecule has 1 aliphatic heterocycles. The fraction of sp³-hybridized carbons (Fsp3) is 0. The Bertz CT molecular complexity index is 973. The van der Waals surface area contributed by atoms with E-state index in [1.54, 1.807) is 6.08 Å². The van der Waals surface area contributed by atoms with Crippen molar-refractivity contribution >= 4 is 22.9 Å². The van der Waals surface area contributed by atoms with Gasteiger partial charge in [-0.15, -0.1) is 0 Å². The number of fused-ring (bicyclic) bond motifs is 1. The summed E-state index contributed by atoms with van der Waals surface area (Å²) in [5.41, 5.74) is 4.86. The largest absolute Gasteiger partial charge is 0.352 e. The van der Waals surface area contributed by atoms with E-state index in [2.05, 4.69) is 5.32 Å². The van der Waals surface area contributed by atoms with Crippen LogP contribution in [-0.2, 0) is 0 Å². The molecule has 3 aromatic carbocycles. The normalized spacial score (nSPS) is 14.4.